The molecule has 0 aliphatic rings. The van der Waals surface area contributed by atoms with Gasteiger partial charge >= 0.3 is 0 Å². The number of sulfonamides is 1. The molecular formula is C12H19NO3S. The number of rotatable bonds is 7. The number of benzene rings is 1. The monoisotopic (exact) mass is 257 g/mol. The Balaban J connectivity index is 2.19. The van der Waals surface area contributed by atoms with Crippen LogP contribution >= 0.6 is 0 Å². The summed E-state index contributed by atoms with van der Waals surface area (Å²) in [5.41, 5.74) is 1.13. The smallest absolute Gasteiger partial charge is 0.208 e. The van der Waals surface area contributed by atoms with Crippen LogP contribution in [0.1, 0.15) is 25.0 Å². The molecule has 1 N–H and O–H groups in total. The first-order valence-electron chi connectivity index (χ1n) is 5.60. The van der Waals surface area contributed by atoms with Gasteiger partial charge < -0.3 is 4.74 Å². The van der Waals surface area contributed by atoms with Gasteiger partial charge in [-0.1, -0.05) is 30.3 Å². The van der Waals surface area contributed by atoms with E-state index in [9.17, 15) is 8.42 Å². The summed E-state index contributed by atoms with van der Waals surface area (Å²) in [6.07, 6.45) is 1.86. The van der Waals surface area contributed by atoms with Crippen LogP contribution in [-0.2, 0) is 14.8 Å². The Hall–Kier alpha value is -0.910. The maximum absolute atomic E-state index is 10.8. The average Bonchev–Trinajstić information content (AvgIpc) is 2.28. The van der Waals surface area contributed by atoms with E-state index in [1.807, 2.05) is 37.3 Å². The van der Waals surface area contributed by atoms with Gasteiger partial charge in [-0.3, -0.25) is 0 Å². The van der Waals surface area contributed by atoms with Crippen LogP contribution in [-0.4, -0.2) is 27.8 Å². The number of hydrogen-bond acceptors (Lipinski definition) is 3. The second-order valence-corrected chi connectivity index (χ2v) is 5.78. The molecule has 17 heavy (non-hydrogen) atoms. The van der Waals surface area contributed by atoms with Crippen LogP contribution in [0.3, 0.4) is 0 Å². The van der Waals surface area contributed by atoms with Gasteiger partial charge in [-0.05, 0) is 18.9 Å². The van der Waals surface area contributed by atoms with E-state index in [4.69, 9.17) is 4.74 Å². The lowest BCUT2D eigenvalue weighted by molar-refractivity contribution is 0.0647. The molecule has 0 saturated carbocycles. The van der Waals surface area contributed by atoms with Crippen molar-refractivity contribution in [2.45, 2.75) is 19.4 Å². The van der Waals surface area contributed by atoms with Crippen molar-refractivity contribution < 1.29 is 13.2 Å². The molecule has 1 rings (SSSR count). The van der Waals surface area contributed by atoms with Crippen molar-refractivity contribution in [2.75, 3.05) is 19.4 Å². The van der Waals surface area contributed by atoms with Crippen LogP contribution in [0, 0.1) is 0 Å². The molecule has 0 bridgehead atoms. The summed E-state index contributed by atoms with van der Waals surface area (Å²) >= 11 is 0. The third kappa shape index (κ3) is 6.41. The SMILES string of the molecule is CC(OCCCNS(C)(=O)=O)c1ccccc1. The maximum Gasteiger partial charge on any atom is 0.208 e. The molecular weight excluding hydrogens is 238 g/mol. The first-order valence-corrected chi connectivity index (χ1v) is 7.49. The van der Waals surface area contributed by atoms with Crippen molar-refractivity contribution in [3.05, 3.63) is 35.9 Å². The predicted octanol–water partition coefficient (Wildman–Crippen LogP) is 1.70. The fourth-order valence-electron chi connectivity index (χ4n) is 1.41. The Morgan fingerprint density at radius 3 is 2.53 bits per heavy atom. The third-order valence-electron chi connectivity index (χ3n) is 2.32. The van der Waals surface area contributed by atoms with E-state index in [0.717, 1.165) is 11.8 Å². The van der Waals surface area contributed by atoms with Crippen molar-refractivity contribution in [1.29, 1.82) is 0 Å². The van der Waals surface area contributed by atoms with Gasteiger partial charge in [-0.2, -0.15) is 0 Å². The molecule has 1 atom stereocenters. The second kappa shape index (κ2) is 6.74. The molecule has 0 aliphatic carbocycles. The van der Waals surface area contributed by atoms with Crippen LogP contribution in [0.5, 0.6) is 0 Å². The number of hydrogen-bond donors (Lipinski definition) is 1. The maximum atomic E-state index is 10.8. The zero-order chi connectivity index (χ0) is 12.7. The molecule has 0 amide bonds. The van der Waals surface area contributed by atoms with E-state index in [2.05, 4.69) is 4.72 Å². The summed E-state index contributed by atoms with van der Waals surface area (Å²) < 4.78 is 29.6. The molecule has 1 aromatic rings. The Morgan fingerprint density at radius 1 is 1.29 bits per heavy atom. The quantitative estimate of drug-likeness (QED) is 0.756. The number of nitrogens with one attached hydrogen (secondary N) is 1. The van der Waals surface area contributed by atoms with Crippen molar-refractivity contribution in [2.24, 2.45) is 0 Å². The molecule has 0 spiro atoms. The van der Waals surface area contributed by atoms with Crippen LogP contribution in [0.2, 0.25) is 0 Å². The van der Waals surface area contributed by atoms with Gasteiger partial charge in [0.2, 0.25) is 10.0 Å². The van der Waals surface area contributed by atoms with Gasteiger partial charge in [0.1, 0.15) is 0 Å². The van der Waals surface area contributed by atoms with Gasteiger partial charge in [0, 0.05) is 13.2 Å². The second-order valence-electron chi connectivity index (χ2n) is 3.94. The zero-order valence-corrected chi connectivity index (χ0v) is 11.0. The summed E-state index contributed by atoms with van der Waals surface area (Å²) in [7, 11) is -3.08. The fraction of sp³-hybridized carbons (Fsp3) is 0.500. The van der Waals surface area contributed by atoms with Gasteiger partial charge in [0.15, 0.2) is 0 Å². The van der Waals surface area contributed by atoms with E-state index in [1.54, 1.807) is 0 Å². The number of ether oxygens (including phenoxy) is 1. The molecule has 1 aromatic carbocycles. The van der Waals surface area contributed by atoms with Crippen LogP contribution < -0.4 is 4.72 Å². The predicted molar refractivity (Wildman–Crippen MR) is 68.3 cm³/mol. The lowest BCUT2D eigenvalue weighted by atomic mass is 10.1. The molecule has 0 aromatic heterocycles. The Kier molecular flexibility index (Phi) is 5.61. The summed E-state index contributed by atoms with van der Waals surface area (Å²) in [4.78, 5) is 0. The summed E-state index contributed by atoms with van der Waals surface area (Å²) in [6, 6.07) is 9.94. The summed E-state index contributed by atoms with van der Waals surface area (Å²) in [5.74, 6) is 0. The van der Waals surface area contributed by atoms with Crippen molar-refractivity contribution in [3.63, 3.8) is 0 Å². The van der Waals surface area contributed by atoms with E-state index < -0.39 is 10.0 Å². The first kappa shape index (κ1) is 14.2. The third-order valence-corrected chi connectivity index (χ3v) is 3.05. The van der Waals surface area contributed by atoms with Gasteiger partial charge in [0.05, 0.1) is 12.4 Å². The largest absolute Gasteiger partial charge is 0.374 e. The highest BCUT2D eigenvalue weighted by Gasteiger charge is 2.04. The lowest BCUT2D eigenvalue weighted by Gasteiger charge is -2.13. The highest BCUT2D eigenvalue weighted by Crippen LogP contribution is 2.15. The Labute approximate surface area is 103 Å². The lowest BCUT2D eigenvalue weighted by Crippen LogP contribution is -2.24. The van der Waals surface area contributed by atoms with Crippen molar-refractivity contribution in [3.8, 4) is 0 Å². The van der Waals surface area contributed by atoms with Gasteiger partial charge in [-0.15, -0.1) is 0 Å². The van der Waals surface area contributed by atoms with Gasteiger partial charge in [-0.25, -0.2) is 13.1 Å². The zero-order valence-electron chi connectivity index (χ0n) is 10.2. The van der Waals surface area contributed by atoms with Crippen molar-refractivity contribution >= 4 is 10.0 Å². The molecule has 1 unspecified atom stereocenters. The molecule has 5 heteroatoms. The van der Waals surface area contributed by atoms with Crippen molar-refractivity contribution in [1.82, 2.24) is 4.72 Å². The Bertz CT molecular complexity index is 417. The molecule has 96 valence electrons. The molecule has 0 radical (unpaired) electrons. The molecule has 4 nitrogen and oxygen atoms in total. The van der Waals surface area contributed by atoms with Crippen LogP contribution in [0.15, 0.2) is 30.3 Å². The summed E-state index contributed by atoms with van der Waals surface area (Å²) in [6.45, 7) is 2.94. The van der Waals surface area contributed by atoms with E-state index in [-0.39, 0.29) is 6.10 Å². The van der Waals surface area contributed by atoms with E-state index >= 15 is 0 Å². The normalized spacial score (nSPS) is 13.5. The minimum absolute atomic E-state index is 0.0365. The molecule has 0 aliphatic heterocycles. The average molecular weight is 257 g/mol. The fourth-order valence-corrected chi connectivity index (χ4v) is 1.93. The molecule has 0 heterocycles. The summed E-state index contributed by atoms with van der Waals surface area (Å²) in [5, 5.41) is 0. The highest BCUT2D eigenvalue weighted by molar-refractivity contribution is 7.88. The van der Waals surface area contributed by atoms with E-state index in [1.165, 1.54) is 0 Å². The Morgan fingerprint density at radius 2 is 1.94 bits per heavy atom. The standard InChI is InChI=1S/C12H19NO3S/c1-11(12-7-4-3-5-8-12)16-10-6-9-13-17(2,14)15/h3-5,7-8,11,13H,6,9-10H2,1-2H3. The molecule has 0 saturated heterocycles. The van der Waals surface area contributed by atoms with Gasteiger partial charge in [0.25, 0.3) is 0 Å². The van der Waals surface area contributed by atoms with Crippen LogP contribution in [0.4, 0.5) is 0 Å². The van der Waals surface area contributed by atoms with E-state index in [0.29, 0.717) is 19.6 Å². The van der Waals surface area contributed by atoms with Crippen LogP contribution in [0.25, 0.3) is 0 Å². The highest BCUT2D eigenvalue weighted by atomic mass is 32.2. The molecule has 0 fully saturated rings. The first-order chi connectivity index (χ1) is 7.99. The minimum Gasteiger partial charge on any atom is -0.374 e. The topological polar surface area (TPSA) is 55.4 Å². The minimum atomic E-state index is -3.08.